The molecular formula is C11H20N4O2. The van der Waals surface area contributed by atoms with Gasteiger partial charge in [-0.3, -0.25) is 4.79 Å². The normalized spacial score (nSPS) is 12.5. The molecule has 0 aliphatic heterocycles. The van der Waals surface area contributed by atoms with Gasteiger partial charge in [-0.1, -0.05) is 0 Å². The first-order chi connectivity index (χ1) is 8.06. The number of rotatable bonds is 6. The van der Waals surface area contributed by atoms with E-state index in [0.717, 1.165) is 18.7 Å². The maximum absolute atomic E-state index is 11.6. The Morgan fingerprint density at radius 3 is 2.94 bits per heavy atom. The first-order valence-corrected chi connectivity index (χ1v) is 5.64. The molecule has 96 valence electrons. The molecule has 0 saturated carbocycles. The predicted octanol–water partition coefficient (Wildman–Crippen LogP) is -0.869. The largest absolute Gasteiger partial charge is 0.394 e. The average molecular weight is 240 g/mol. The van der Waals surface area contributed by atoms with Crippen molar-refractivity contribution in [1.29, 1.82) is 0 Å². The second-order valence-electron chi connectivity index (χ2n) is 4.11. The maximum Gasteiger partial charge on any atom is 0.241 e. The van der Waals surface area contributed by atoms with Crippen LogP contribution in [0.4, 0.5) is 0 Å². The Morgan fingerprint density at radius 2 is 2.41 bits per heavy atom. The molecule has 1 atom stereocenters. The van der Waals surface area contributed by atoms with Crippen molar-refractivity contribution in [2.75, 3.05) is 20.2 Å². The lowest BCUT2D eigenvalue weighted by Crippen LogP contribution is -2.44. The molecule has 0 fully saturated rings. The van der Waals surface area contributed by atoms with E-state index in [-0.39, 0.29) is 12.5 Å². The summed E-state index contributed by atoms with van der Waals surface area (Å²) in [6.45, 7) is 0.294. The molecule has 3 N–H and O–H groups in total. The smallest absolute Gasteiger partial charge is 0.241 e. The first kappa shape index (κ1) is 13.7. The molecule has 0 radical (unpaired) electrons. The van der Waals surface area contributed by atoms with Crippen LogP contribution in [0.25, 0.3) is 0 Å². The van der Waals surface area contributed by atoms with Crippen LogP contribution in [-0.4, -0.2) is 51.7 Å². The standard InChI is InChI=1S/C11H20N4O2/c1-14-7-5-13-10(14)4-3-6-15(2)11(17)9(12)8-16/h5,7,9,16H,3-4,6,8,12H2,1-2H3. The quantitative estimate of drug-likeness (QED) is 0.677. The summed E-state index contributed by atoms with van der Waals surface area (Å²) in [4.78, 5) is 17.3. The van der Waals surface area contributed by atoms with Crippen LogP contribution in [0.3, 0.4) is 0 Å². The summed E-state index contributed by atoms with van der Waals surface area (Å²) in [6, 6.07) is -0.812. The van der Waals surface area contributed by atoms with E-state index in [4.69, 9.17) is 10.8 Å². The summed E-state index contributed by atoms with van der Waals surface area (Å²) in [5.74, 6) is 0.768. The Hall–Kier alpha value is -1.40. The lowest BCUT2D eigenvalue weighted by atomic mass is 10.2. The zero-order valence-corrected chi connectivity index (χ0v) is 10.3. The highest BCUT2D eigenvalue weighted by molar-refractivity contribution is 5.81. The zero-order chi connectivity index (χ0) is 12.8. The van der Waals surface area contributed by atoms with Gasteiger partial charge in [-0.25, -0.2) is 4.98 Å². The van der Waals surface area contributed by atoms with Crippen molar-refractivity contribution in [2.45, 2.75) is 18.9 Å². The van der Waals surface area contributed by atoms with E-state index < -0.39 is 6.04 Å². The number of imidazole rings is 1. The molecule has 0 bridgehead atoms. The minimum Gasteiger partial charge on any atom is -0.394 e. The van der Waals surface area contributed by atoms with Crippen molar-refractivity contribution in [3.8, 4) is 0 Å². The number of nitrogens with zero attached hydrogens (tertiary/aromatic N) is 3. The number of likely N-dealkylation sites (N-methyl/N-ethyl adjacent to an activating group) is 1. The molecular weight excluding hydrogens is 220 g/mol. The Bertz CT molecular complexity index is 364. The van der Waals surface area contributed by atoms with Gasteiger partial charge in [0.15, 0.2) is 0 Å². The van der Waals surface area contributed by atoms with Crippen molar-refractivity contribution < 1.29 is 9.90 Å². The number of aliphatic hydroxyl groups excluding tert-OH is 1. The van der Waals surface area contributed by atoms with Crippen LogP contribution in [0, 0.1) is 0 Å². The van der Waals surface area contributed by atoms with E-state index in [9.17, 15) is 4.79 Å². The van der Waals surface area contributed by atoms with E-state index in [0.29, 0.717) is 6.54 Å². The zero-order valence-electron chi connectivity index (χ0n) is 10.3. The van der Waals surface area contributed by atoms with E-state index in [1.807, 2.05) is 17.8 Å². The van der Waals surface area contributed by atoms with Crippen molar-refractivity contribution in [2.24, 2.45) is 12.8 Å². The van der Waals surface area contributed by atoms with Crippen molar-refractivity contribution in [3.05, 3.63) is 18.2 Å². The van der Waals surface area contributed by atoms with Crippen molar-refractivity contribution in [3.63, 3.8) is 0 Å². The minimum absolute atomic E-state index is 0.229. The number of amides is 1. The number of nitrogens with two attached hydrogens (primary N) is 1. The summed E-state index contributed by atoms with van der Waals surface area (Å²) in [5, 5.41) is 8.78. The van der Waals surface area contributed by atoms with E-state index in [1.165, 1.54) is 0 Å². The lowest BCUT2D eigenvalue weighted by Gasteiger charge is -2.19. The van der Waals surface area contributed by atoms with E-state index in [2.05, 4.69) is 4.98 Å². The molecule has 0 aliphatic carbocycles. The number of aromatic nitrogens is 2. The summed E-state index contributed by atoms with van der Waals surface area (Å²) < 4.78 is 1.96. The molecule has 1 amide bonds. The Labute approximate surface area is 101 Å². The SMILES string of the molecule is CN(CCCc1nccn1C)C(=O)C(N)CO. The molecule has 0 saturated heterocycles. The predicted molar refractivity (Wildman–Crippen MR) is 64.2 cm³/mol. The number of carbonyl (C=O) groups excluding carboxylic acids is 1. The van der Waals surface area contributed by atoms with Crippen LogP contribution >= 0.6 is 0 Å². The van der Waals surface area contributed by atoms with Gasteiger partial charge < -0.3 is 20.3 Å². The van der Waals surface area contributed by atoms with Gasteiger partial charge in [0, 0.05) is 39.5 Å². The fourth-order valence-electron chi connectivity index (χ4n) is 1.58. The highest BCUT2D eigenvalue weighted by Crippen LogP contribution is 2.00. The molecule has 0 aliphatic rings. The second kappa shape index (κ2) is 6.36. The van der Waals surface area contributed by atoms with Crippen LogP contribution in [0.2, 0.25) is 0 Å². The van der Waals surface area contributed by atoms with Gasteiger partial charge in [-0.15, -0.1) is 0 Å². The highest BCUT2D eigenvalue weighted by Gasteiger charge is 2.16. The van der Waals surface area contributed by atoms with Crippen molar-refractivity contribution in [1.82, 2.24) is 14.5 Å². The molecule has 1 aromatic rings. The monoisotopic (exact) mass is 240 g/mol. The topological polar surface area (TPSA) is 84.4 Å². The molecule has 1 aromatic heterocycles. The maximum atomic E-state index is 11.6. The summed E-state index contributed by atoms with van der Waals surface area (Å²) in [7, 11) is 3.63. The van der Waals surface area contributed by atoms with Gasteiger partial charge >= 0.3 is 0 Å². The van der Waals surface area contributed by atoms with Crippen LogP contribution < -0.4 is 5.73 Å². The third kappa shape index (κ3) is 3.83. The molecule has 0 spiro atoms. The van der Waals surface area contributed by atoms with Crippen LogP contribution in [0.5, 0.6) is 0 Å². The number of hydrogen-bond donors (Lipinski definition) is 2. The van der Waals surface area contributed by atoms with Crippen LogP contribution in [-0.2, 0) is 18.3 Å². The lowest BCUT2D eigenvalue weighted by molar-refractivity contribution is -0.132. The van der Waals surface area contributed by atoms with Gasteiger partial charge in [-0.05, 0) is 6.42 Å². The Kier molecular flexibility index (Phi) is 5.11. The number of hydrogen-bond acceptors (Lipinski definition) is 4. The number of aryl methyl sites for hydroxylation is 2. The fourth-order valence-corrected chi connectivity index (χ4v) is 1.58. The number of aliphatic hydroxyl groups is 1. The van der Waals surface area contributed by atoms with Crippen molar-refractivity contribution >= 4 is 5.91 Å². The highest BCUT2D eigenvalue weighted by atomic mass is 16.3. The van der Waals surface area contributed by atoms with E-state index in [1.54, 1.807) is 18.1 Å². The summed E-state index contributed by atoms with van der Waals surface area (Å²) in [6.07, 6.45) is 5.29. The summed E-state index contributed by atoms with van der Waals surface area (Å²) >= 11 is 0. The molecule has 1 unspecified atom stereocenters. The first-order valence-electron chi connectivity index (χ1n) is 5.64. The minimum atomic E-state index is -0.812. The summed E-state index contributed by atoms with van der Waals surface area (Å²) in [5.41, 5.74) is 5.45. The number of carbonyl (C=O) groups is 1. The van der Waals surface area contributed by atoms with Gasteiger partial charge in [0.25, 0.3) is 0 Å². The Morgan fingerprint density at radius 1 is 1.71 bits per heavy atom. The van der Waals surface area contributed by atoms with Crippen LogP contribution in [0.15, 0.2) is 12.4 Å². The third-order valence-electron chi connectivity index (χ3n) is 2.70. The fraction of sp³-hybridized carbons (Fsp3) is 0.636. The third-order valence-corrected chi connectivity index (χ3v) is 2.70. The van der Waals surface area contributed by atoms with Gasteiger partial charge in [0.1, 0.15) is 11.9 Å². The molecule has 1 rings (SSSR count). The van der Waals surface area contributed by atoms with Gasteiger partial charge in [-0.2, -0.15) is 0 Å². The van der Waals surface area contributed by atoms with Gasteiger partial charge in [0.2, 0.25) is 5.91 Å². The molecule has 6 heteroatoms. The molecule has 1 heterocycles. The molecule has 6 nitrogen and oxygen atoms in total. The molecule has 17 heavy (non-hydrogen) atoms. The van der Waals surface area contributed by atoms with Crippen LogP contribution in [0.1, 0.15) is 12.2 Å². The second-order valence-corrected chi connectivity index (χ2v) is 4.11. The van der Waals surface area contributed by atoms with Gasteiger partial charge in [0.05, 0.1) is 6.61 Å². The average Bonchev–Trinajstić information content (AvgIpc) is 2.73. The van der Waals surface area contributed by atoms with E-state index >= 15 is 0 Å². The molecule has 0 aromatic carbocycles. The Balaban J connectivity index is 2.31.